The van der Waals surface area contributed by atoms with Crippen LogP contribution in [0.2, 0.25) is 0 Å². The molecule has 0 heterocycles. The average molecular weight is 211 g/mol. The summed E-state index contributed by atoms with van der Waals surface area (Å²) in [4.78, 5) is 22.0. The predicted molar refractivity (Wildman–Crippen MR) is 51.1 cm³/mol. The Morgan fingerprint density at radius 3 is 2.33 bits per heavy atom. The molecule has 1 aromatic rings. The number of hydrazine groups is 1. The Kier molecular flexibility index (Phi) is 3.75. The third-order valence-corrected chi connectivity index (χ3v) is 1.61. The molecule has 15 heavy (non-hydrogen) atoms. The number of amides is 2. The van der Waals surface area contributed by atoms with E-state index >= 15 is 0 Å². The smallest absolute Gasteiger partial charge is 0.269 e. The number of benzene rings is 1. The van der Waals surface area contributed by atoms with Gasteiger partial charge in [0.15, 0.2) is 0 Å². The Morgan fingerprint density at radius 2 is 1.80 bits per heavy atom. The first-order chi connectivity index (χ1) is 7.13. The number of nitrogens with one attached hydrogen (secondary N) is 2. The summed E-state index contributed by atoms with van der Waals surface area (Å²) in [7, 11) is 0. The van der Waals surface area contributed by atoms with Crippen LogP contribution in [0, 0.1) is 5.82 Å². The molecule has 0 fully saturated rings. The summed E-state index contributed by atoms with van der Waals surface area (Å²) >= 11 is 0. The lowest BCUT2D eigenvalue weighted by Crippen LogP contribution is -2.44. The molecule has 0 aliphatic heterocycles. The van der Waals surface area contributed by atoms with Gasteiger partial charge in [0.1, 0.15) is 5.82 Å². The predicted octanol–water partition coefficient (Wildman–Crippen LogP) is -0.455. The van der Waals surface area contributed by atoms with Crippen LogP contribution < -0.4 is 16.6 Å². The summed E-state index contributed by atoms with van der Waals surface area (Å²) in [5, 5.41) is 0. The fourth-order valence-electron chi connectivity index (χ4n) is 0.851. The molecule has 1 rings (SSSR count). The van der Waals surface area contributed by atoms with Crippen molar-refractivity contribution in [2.75, 3.05) is 6.54 Å². The quantitative estimate of drug-likeness (QED) is 0.579. The fourth-order valence-corrected chi connectivity index (χ4v) is 0.851. The van der Waals surface area contributed by atoms with Crippen molar-refractivity contribution >= 4 is 11.8 Å². The maximum Gasteiger partial charge on any atom is 0.269 e. The van der Waals surface area contributed by atoms with Crippen LogP contribution in [-0.4, -0.2) is 18.4 Å². The van der Waals surface area contributed by atoms with Gasteiger partial charge < -0.3 is 5.73 Å². The van der Waals surface area contributed by atoms with E-state index in [1.165, 1.54) is 12.1 Å². The molecule has 0 aliphatic rings. The third kappa shape index (κ3) is 3.35. The Balaban J connectivity index is 2.54. The van der Waals surface area contributed by atoms with Crippen LogP contribution in [0.15, 0.2) is 24.3 Å². The second-order valence-electron chi connectivity index (χ2n) is 2.71. The largest absolute Gasteiger partial charge is 0.322 e. The Labute approximate surface area is 85.4 Å². The van der Waals surface area contributed by atoms with E-state index in [2.05, 4.69) is 10.9 Å². The summed E-state index contributed by atoms with van der Waals surface area (Å²) < 4.78 is 12.5. The zero-order valence-electron chi connectivity index (χ0n) is 7.79. The molecule has 0 saturated heterocycles. The molecule has 1 aromatic carbocycles. The summed E-state index contributed by atoms with van der Waals surface area (Å²) in [6, 6.07) is 4.91. The lowest BCUT2D eigenvalue weighted by molar-refractivity contribution is -0.120. The molecule has 0 atom stereocenters. The van der Waals surface area contributed by atoms with Gasteiger partial charge >= 0.3 is 0 Å². The first-order valence-corrected chi connectivity index (χ1v) is 4.18. The molecule has 0 aromatic heterocycles. The Morgan fingerprint density at radius 1 is 1.20 bits per heavy atom. The van der Waals surface area contributed by atoms with Crippen molar-refractivity contribution in [1.82, 2.24) is 10.9 Å². The van der Waals surface area contributed by atoms with Gasteiger partial charge in [-0.05, 0) is 24.3 Å². The number of hydrogen-bond acceptors (Lipinski definition) is 3. The molecule has 0 radical (unpaired) electrons. The van der Waals surface area contributed by atoms with Gasteiger partial charge in [0.25, 0.3) is 11.8 Å². The van der Waals surface area contributed by atoms with E-state index in [0.29, 0.717) is 0 Å². The van der Waals surface area contributed by atoms with Gasteiger partial charge in [-0.25, -0.2) is 4.39 Å². The molecule has 2 amide bonds. The van der Waals surface area contributed by atoms with Crippen LogP contribution >= 0.6 is 0 Å². The van der Waals surface area contributed by atoms with Crippen LogP contribution in [0.25, 0.3) is 0 Å². The van der Waals surface area contributed by atoms with E-state index in [9.17, 15) is 14.0 Å². The van der Waals surface area contributed by atoms with Gasteiger partial charge in [0, 0.05) is 5.56 Å². The van der Waals surface area contributed by atoms with Crippen LogP contribution in [-0.2, 0) is 4.79 Å². The van der Waals surface area contributed by atoms with Gasteiger partial charge in [-0.2, -0.15) is 0 Å². The molecule has 4 N–H and O–H groups in total. The standard InChI is InChI=1S/C9H10FN3O2/c10-7-3-1-6(2-4-7)9(15)13-12-8(14)5-11/h1-4H,5,11H2,(H,12,14)(H,13,15). The van der Waals surface area contributed by atoms with E-state index in [4.69, 9.17) is 5.73 Å². The number of hydrogen-bond donors (Lipinski definition) is 3. The minimum Gasteiger partial charge on any atom is -0.322 e. The van der Waals surface area contributed by atoms with Gasteiger partial charge in [0.05, 0.1) is 6.54 Å². The van der Waals surface area contributed by atoms with Gasteiger partial charge in [-0.1, -0.05) is 0 Å². The van der Waals surface area contributed by atoms with Crippen molar-refractivity contribution in [3.05, 3.63) is 35.6 Å². The normalized spacial score (nSPS) is 9.47. The molecule has 0 aliphatic carbocycles. The molecule has 6 heteroatoms. The van der Waals surface area contributed by atoms with Crippen molar-refractivity contribution in [3.63, 3.8) is 0 Å². The van der Waals surface area contributed by atoms with Crippen molar-refractivity contribution in [1.29, 1.82) is 0 Å². The van der Waals surface area contributed by atoms with E-state index in [-0.39, 0.29) is 12.1 Å². The zero-order valence-corrected chi connectivity index (χ0v) is 7.79. The van der Waals surface area contributed by atoms with Gasteiger partial charge in [0.2, 0.25) is 0 Å². The molecule has 5 nitrogen and oxygen atoms in total. The minimum absolute atomic E-state index is 0.219. The highest BCUT2D eigenvalue weighted by molar-refractivity contribution is 5.95. The summed E-state index contributed by atoms with van der Waals surface area (Å²) in [6.07, 6.45) is 0. The first kappa shape index (κ1) is 11.1. The highest BCUT2D eigenvalue weighted by Gasteiger charge is 2.05. The first-order valence-electron chi connectivity index (χ1n) is 4.18. The lowest BCUT2D eigenvalue weighted by atomic mass is 10.2. The lowest BCUT2D eigenvalue weighted by Gasteiger charge is -2.05. The second kappa shape index (κ2) is 5.06. The average Bonchev–Trinajstić information content (AvgIpc) is 2.26. The topological polar surface area (TPSA) is 84.2 Å². The highest BCUT2D eigenvalue weighted by Crippen LogP contribution is 2.01. The molecule has 0 bridgehead atoms. The van der Waals surface area contributed by atoms with E-state index < -0.39 is 17.6 Å². The van der Waals surface area contributed by atoms with E-state index in [0.717, 1.165) is 12.1 Å². The molecule has 0 spiro atoms. The highest BCUT2D eigenvalue weighted by atomic mass is 19.1. The molecule has 0 saturated carbocycles. The van der Waals surface area contributed by atoms with E-state index in [1.807, 2.05) is 0 Å². The van der Waals surface area contributed by atoms with Crippen molar-refractivity contribution in [3.8, 4) is 0 Å². The van der Waals surface area contributed by atoms with Crippen molar-refractivity contribution < 1.29 is 14.0 Å². The number of carbonyl (C=O) groups is 2. The van der Waals surface area contributed by atoms with Crippen LogP contribution in [0.5, 0.6) is 0 Å². The number of nitrogens with two attached hydrogens (primary N) is 1. The summed E-state index contributed by atoms with van der Waals surface area (Å²) in [5.74, 6) is -1.47. The maximum absolute atomic E-state index is 12.5. The monoisotopic (exact) mass is 211 g/mol. The van der Waals surface area contributed by atoms with Crippen molar-refractivity contribution in [2.24, 2.45) is 5.73 Å². The molecular formula is C9H10FN3O2. The number of halogens is 1. The molecule has 0 unspecified atom stereocenters. The SMILES string of the molecule is NCC(=O)NNC(=O)c1ccc(F)cc1. The fraction of sp³-hybridized carbons (Fsp3) is 0.111. The molecular weight excluding hydrogens is 201 g/mol. The number of rotatable bonds is 2. The summed E-state index contributed by atoms with van der Waals surface area (Å²) in [5.41, 5.74) is 9.46. The van der Waals surface area contributed by atoms with Gasteiger partial charge in [-0.3, -0.25) is 20.4 Å². The Bertz CT molecular complexity index is 364. The van der Waals surface area contributed by atoms with Crippen LogP contribution in [0.3, 0.4) is 0 Å². The van der Waals surface area contributed by atoms with E-state index in [1.54, 1.807) is 0 Å². The van der Waals surface area contributed by atoms with Crippen LogP contribution in [0.1, 0.15) is 10.4 Å². The zero-order chi connectivity index (χ0) is 11.3. The minimum atomic E-state index is -0.531. The Hall–Kier alpha value is -1.95. The van der Waals surface area contributed by atoms with Crippen molar-refractivity contribution in [2.45, 2.75) is 0 Å². The molecule has 80 valence electrons. The maximum atomic E-state index is 12.5. The summed E-state index contributed by atoms with van der Waals surface area (Å²) in [6.45, 7) is -0.219. The second-order valence-corrected chi connectivity index (χ2v) is 2.71. The van der Waals surface area contributed by atoms with Gasteiger partial charge in [-0.15, -0.1) is 0 Å². The number of carbonyl (C=O) groups excluding carboxylic acids is 2. The third-order valence-electron chi connectivity index (χ3n) is 1.61. The van der Waals surface area contributed by atoms with Crippen LogP contribution in [0.4, 0.5) is 4.39 Å².